The van der Waals surface area contributed by atoms with Crippen molar-refractivity contribution in [3.63, 3.8) is 0 Å². The fourth-order valence-electron chi connectivity index (χ4n) is 4.21. The molecule has 35 heavy (non-hydrogen) atoms. The van der Waals surface area contributed by atoms with Crippen molar-refractivity contribution in [1.82, 2.24) is 9.88 Å². The Morgan fingerprint density at radius 1 is 0.743 bits per heavy atom. The molecule has 0 saturated carbocycles. The normalized spacial score (nSPS) is 15.3. The molecule has 0 amide bonds. The average molecular weight is 528 g/mol. The van der Waals surface area contributed by atoms with E-state index < -0.39 is 0 Å². The van der Waals surface area contributed by atoms with Crippen LogP contribution in [0.1, 0.15) is 95.4 Å². The molecule has 0 spiro atoms. The molecule has 1 aliphatic rings. The van der Waals surface area contributed by atoms with E-state index in [-0.39, 0.29) is 24.8 Å². The van der Waals surface area contributed by atoms with Gasteiger partial charge in [-0.25, -0.2) is 0 Å². The monoisotopic (exact) mass is 527 g/mol. The number of hydrogen-bond acceptors (Lipinski definition) is 7. The van der Waals surface area contributed by atoms with E-state index in [0.717, 1.165) is 30.3 Å². The number of nitrogens with zero attached hydrogens (tertiary/aromatic N) is 2. The predicted octanol–water partition coefficient (Wildman–Crippen LogP) is 5.15. The van der Waals surface area contributed by atoms with Crippen LogP contribution in [0.5, 0.6) is 0 Å². The summed E-state index contributed by atoms with van der Waals surface area (Å²) in [5.74, 6) is -0.547. The van der Waals surface area contributed by atoms with Crippen LogP contribution in [-0.4, -0.2) is 54.7 Å². The Morgan fingerprint density at radius 2 is 1.17 bits per heavy atom. The standard InChI is InChI=1S/C27H44N2O4.O.V/c1-2-3-4-5-6-7-8-9-10-11-12-13-17-29-18-20-32-26(30)22-24-15-14-16-25(28-24)23-27(31)33-21-19-29;;/h14-16H,2-13,17-23H2,1H3;;. The summed E-state index contributed by atoms with van der Waals surface area (Å²) in [7, 11) is 0. The van der Waals surface area contributed by atoms with Crippen LogP contribution < -0.4 is 0 Å². The van der Waals surface area contributed by atoms with Gasteiger partial charge in [0.15, 0.2) is 0 Å². The van der Waals surface area contributed by atoms with Crippen LogP contribution in [0, 0.1) is 0 Å². The van der Waals surface area contributed by atoms with Crippen LogP contribution in [0.3, 0.4) is 0 Å². The van der Waals surface area contributed by atoms with E-state index >= 15 is 0 Å². The van der Waals surface area contributed by atoms with Crippen molar-refractivity contribution in [2.45, 2.75) is 96.8 Å². The van der Waals surface area contributed by atoms with E-state index in [0.29, 0.717) is 37.7 Å². The summed E-state index contributed by atoms with van der Waals surface area (Å²) in [5, 5.41) is 0. The van der Waals surface area contributed by atoms with Gasteiger partial charge in [-0.2, -0.15) is 0 Å². The fourth-order valence-corrected chi connectivity index (χ4v) is 4.21. The van der Waals surface area contributed by atoms with Crippen LogP contribution in [0.25, 0.3) is 0 Å². The number of fused-ring (bicyclic) bond motifs is 2. The van der Waals surface area contributed by atoms with E-state index in [1.54, 1.807) is 18.2 Å². The molecule has 0 unspecified atom stereocenters. The number of ether oxygens (including phenoxy) is 2. The summed E-state index contributed by atoms with van der Waals surface area (Å²) in [6.07, 6.45) is 16.2. The predicted molar refractivity (Wildman–Crippen MR) is 132 cm³/mol. The molecule has 197 valence electrons. The third kappa shape index (κ3) is 16.7. The first-order valence-electron chi connectivity index (χ1n) is 13.3. The van der Waals surface area contributed by atoms with E-state index in [4.69, 9.17) is 13.1 Å². The number of unbranched alkanes of at least 4 members (excludes halogenated alkanes) is 11. The summed E-state index contributed by atoms with van der Waals surface area (Å²) < 4.78 is 19.0. The molecular weight excluding hydrogens is 483 g/mol. The molecule has 0 fully saturated rings. The minimum absolute atomic E-state index is 0.127. The van der Waals surface area contributed by atoms with Crippen LogP contribution in [-0.2, 0) is 52.9 Å². The maximum absolute atomic E-state index is 12.1. The molecule has 8 heteroatoms. The zero-order valence-electron chi connectivity index (χ0n) is 21.5. The first-order chi connectivity index (χ1) is 17.2. The number of pyridine rings is 1. The van der Waals surface area contributed by atoms with Gasteiger partial charge >= 0.3 is 33.0 Å². The van der Waals surface area contributed by atoms with Crippen LogP contribution in [0.4, 0.5) is 0 Å². The molecule has 1 aliphatic heterocycles. The van der Waals surface area contributed by atoms with Gasteiger partial charge < -0.3 is 9.47 Å². The minimum atomic E-state index is -0.274. The Kier molecular flexibility index (Phi) is 19.5. The van der Waals surface area contributed by atoms with Crippen molar-refractivity contribution in [3.05, 3.63) is 29.6 Å². The Labute approximate surface area is 220 Å². The van der Waals surface area contributed by atoms with E-state index in [1.165, 1.54) is 70.6 Å². The zero-order valence-corrected chi connectivity index (χ0v) is 22.9. The van der Waals surface area contributed by atoms with Gasteiger partial charge in [0.05, 0.1) is 24.2 Å². The first-order valence-corrected chi connectivity index (χ1v) is 13.9. The van der Waals surface area contributed by atoms with Crippen LogP contribution in [0.2, 0.25) is 0 Å². The van der Waals surface area contributed by atoms with E-state index in [9.17, 15) is 9.59 Å². The molecule has 2 rings (SSSR count). The number of rotatable bonds is 13. The fraction of sp³-hybridized carbons (Fsp3) is 0.741. The zero-order chi connectivity index (χ0) is 25.6. The van der Waals surface area contributed by atoms with Crippen molar-refractivity contribution < 1.29 is 40.1 Å². The van der Waals surface area contributed by atoms with Crippen LogP contribution >= 0.6 is 0 Å². The summed E-state index contributed by atoms with van der Waals surface area (Å²) >= 11 is 1.06. The van der Waals surface area contributed by atoms with Gasteiger partial charge in [-0.3, -0.25) is 19.5 Å². The third-order valence-corrected chi connectivity index (χ3v) is 6.18. The van der Waals surface area contributed by atoms with Crippen molar-refractivity contribution in [1.29, 1.82) is 0 Å². The van der Waals surface area contributed by atoms with Gasteiger partial charge in [0.1, 0.15) is 13.2 Å². The number of hydrogen-bond donors (Lipinski definition) is 0. The Bertz CT molecular complexity index is 665. The number of esters is 2. The number of carbonyl (C=O) groups is 2. The number of aromatic nitrogens is 1. The summed E-state index contributed by atoms with van der Waals surface area (Å²) in [6, 6.07) is 5.37. The second kappa shape index (κ2) is 21.7. The van der Waals surface area contributed by atoms with Gasteiger partial charge in [-0.15, -0.1) is 0 Å². The average Bonchev–Trinajstić information content (AvgIpc) is 2.85. The topological polar surface area (TPSA) is 85.8 Å². The van der Waals surface area contributed by atoms with Gasteiger partial charge in [0.25, 0.3) is 0 Å². The Hall–Kier alpha value is -1.57. The van der Waals surface area contributed by atoms with Gasteiger partial charge in [-0.1, -0.05) is 83.6 Å². The molecule has 0 N–H and O–H groups in total. The quantitative estimate of drug-likeness (QED) is 0.259. The maximum atomic E-state index is 12.1. The Balaban J connectivity index is 0.00000298. The van der Waals surface area contributed by atoms with Gasteiger partial charge in [0.2, 0.25) is 0 Å². The van der Waals surface area contributed by atoms with Gasteiger partial charge in [0, 0.05) is 13.1 Å². The van der Waals surface area contributed by atoms with Crippen molar-refractivity contribution in [2.75, 3.05) is 32.8 Å². The van der Waals surface area contributed by atoms with E-state index in [2.05, 4.69) is 16.8 Å². The summed E-state index contributed by atoms with van der Waals surface area (Å²) in [5.41, 5.74) is 1.24. The summed E-state index contributed by atoms with van der Waals surface area (Å²) in [4.78, 5) is 30.9. The van der Waals surface area contributed by atoms with Crippen LogP contribution in [0.15, 0.2) is 18.2 Å². The molecule has 1 aromatic rings. The Morgan fingerprint density at radius 3 is 1.63 bits per heavy atom. The van der Waals surface area contributed by atoms with Crippen molar-refractivity contribution in [2.24, 2.45) is 0 Å². The molecule has 2 heterocycles. The van der Waals surface area contributed by atoms with E-state index in [1.807, 2.05) is 0 Å². The SMILES string of the molecule is CCCCCCCCCCCCCCN1CCOC(=O)Cc2cccc(n2)CC(=O)OCC1.[O]=[V]. The number of cyclic esters (lactones) is 2. The molecule has 0 radical (unpaired) electrons. The molecule has 0 saturated heterocycles. The van der Waals surface area contributed by atoms with Crippen molar-refractivity contribution in [3.8, 4) is 0 Å². The van der Waals surface area contributed by atoms with Gasteiger partial charge in [-0.05, 0) is 25.1 Å². The first kappa shape index (κ1) is 31.5. The molecular formula is C27H44N2O5V. The second-order valence-corrected chi connectivity index (χ2v) is 9.15. The second-order valence-electron chi connectivity index (χ2n) is 9.15. The molecule has 2 bridgehead atoms. The molecule has 1 aromatic heterocycles. The summed E-state index contributed by atoms with van der Waals surface area (Å²) in [6.45, 7) is 5.23. The molecule has 7 nitrogen and oxygen atoms in total. The molecule has 0 aromatic carbocycles. The molecule has 0 aliphatic carbocycles. The molecule has 0 atom stereocenters. The van der Waals surface area contributed by atoms with Crippen molar-refractivity contribution >= 4 is 11.9 Å². The number of carbonyl (C=O) groups excluding carboxylic acids is 2. The third-order valence-electron chi connectivity index (χ3n) is 6.18.